The van der Waals surface area contributed by atoms with Crippen molar-refractivity contribution in [3.05, 3.63) is 82.4 Å². The average molecular weight is 363 g/mol. The number of fused-ring (bicyclic) bond motifs is 3. The zero-order chi connectivity index (χ0) is 18.3. The predicted molar refractivity (Wildman–Crippen MR) is 104 cm³/mol. The molecule has 0 saturated carbocycles. The van der Waals surface area contributed by atoms with Crippen molar-refractivity contribution in [3.8, 4) is 0 Å². The lowest BCUT2D eigenvalue weighted by molar-refractivity contribution is 0.102. The van der Waals surface area contributed by atoms with Crippen LogP contribution in [0, 0.1) is 12.3 Å². The van der Waals surface area contributed by atoms with E-state index in [0.717, 1.165) is 21.7 Å². The minimum Gasteiger partial charge on any atom is -0.438 e. The van der Waals surface area contributed by atoms with Crippen molar-refractivity contribution in [2.45, 2.75) is 6.92 Å². The smallest absolute Gasteiger partial charge is 0.261 e. The Balaban J connectivity index is 1.84. The highest BCUT2D eigenvalue weighted by molar-refractivity contribution is 6.31. The lowest BCUT2D eigenvalue weighted by atomic mass is 10.0. The standard InChI is InChI=1S/C21H15ClN2O2/c1-12-17(22)7-4-8-18(12)24-21(25)16-11-15-14-6-3-2-5-13(14)9-10-19(15)26-20(16)23/h2-11,23H,1H3,(H,24,25). The van der Waals surface area contributed by atoms with Crippen LogP contribution in [0.3, 0.4) is 0 Å². The Morgan fingerprint density at radius 3 is 2.69 bits per heavy atom. The number of hydrogen-bond donors (Lipinski definition) is 2. The van der Waals surface area contributed by atoms with Crippen molar-refractivity contribution in [2.75, 3.05) is 5.32 Å². The molecule has 0 atom stereocenters. The molecule has 3 aromatic carbocycles. The second-order valence-electron chi connectivity index (χ2n) is 6.05. The summed E-state index contributed by atoms with van der Waals surface area (Å²) in [5.74, 6) is -0.404. The van der Waals surface area contributed by atoms with Gasteiger partial charge in [-0.1, -0.05) is 48.0 Å². The molecule has 1 amide bonds. The van der Waals surface area contributed by atoms with Crippen molar-refractivity contribution in [2.24, 2.45) is 0 Å². The summed E-state index contributed by atoms with van der Waals surface area (Å²) in [6, 6.07) is 18.6. The number of hydrogen-bond acceptors (Lipinski definition) is 3. The second kappa shape index (κ2) is 6.32. The van der Waals surface area contributed by atoms with E-state index in [2.05, 4.69) is 5.32 Å². The first kappa shape index (κ1) is 16.4. The van der Waals surface area contributed by atoms with Gasteiger partial charge < -0.3 is 9.73 Å². The molecule has 0 radical (unpaired) electrons. The maximum absolute atomic E-state index is 12.7. The molecule has 1 aromatic heterocycles. The molecule has 26 heavy (non-hydrogen) atoms. The Morgan fingerprint density at radius 2 is 1.85 bits per heavy atom. The van der Waals surface area contributed by atoms with Crippen LogP contribution in [0.5, 0.6) is 0 Å². The Morgan fingerprint density at radius 1 is 1.04 bits per heavy atom. The highest BCUT2D eigenvalue weighted by atomic mass is 35.5. The van der Waals surface area contributed by atoms with Crippen molar-refractivity contribution in [1.82, 2.24) is 0 Å². The normalized spacial score (nSPS) is 11.0. The summed E-state index contributed by atoms with van der Waals surface area (Å²) in [6.07, 6.45) is 0. The van der Waals surface area contributed by atoms with Gasteiger partial charge in [0.25, 0.3) is 5.91 Å². The van der Waals surface area contributed by atoms with Crippen LogP contribution in [-0.4, -0.2) is 5.91 Å². The van der Waals surface area contributed by atoms with Crippen LogP contribution in [-0.2, 0) is 0 Å². The van der Waals surface area contributed by atoms with E-state index in [1.807, 2.05) is 43.3 Å². The number of halogens is 1. The van der Waals surface area contributed by atoms with Gasteiger partial charge in [-0.25, -0.2) is 0 Å². The molecule has 5 heteroatoms. The minimum atomic E-state index is -0.404. The van der Waals surface area contributed by atoms with Crippen LogP contribution in [0.1, 0.15) is 15.9 Å². The SMILES string of the molecule is Cc1c(Cl)cccc1NC(=O)c1cc2c(ccc3ccccc32)oc1=N. The molecule has 0 fully saturated rings. The Bertz CT molecular complexity index is 1230. The molecule has 4 rings (SSSR count). The molecule has 128 valence electrons. The van der Waals surface area contributed by atoms with Gasteiger partial charge in [0.15, 0.2) is 0 Å². The number of nitrogens with one attached hydrogen (secondary N) is 2. The van der Waals surface area contributed by atoms with Gasteiger partial charge in [-0.15, -0.1) is 0 Å². The Labute approximate surface area is 154 Å². The summed E-state index contributed by atoms with van der Waals surface area (Å²) < 4.78 is 5.59. The fourth-order valence-electron chi connectivity index (χ4n) is 2.99. The van der Waals surface area contributed by atoms with Crippen LogP contribution < -0.4 is 10.9 Å². The van der Waals surface area contributed by atoms with Gasteiger partial charge in [0.2, 0.25) is 5.55 Å². The highest BCUT2D eigenvalue weighted by Crippen LogP contribution is 2.26. The number of benzene rings is 3. The number of rotatable bonds is 2. The first-order valence-electron chi connectivity index (χ1n) is 8.11. The third kappa shape index (κ3) is 2.74. The van der Waals surface area contributed by atoms with Crippen molar-refractivity contribution >= 4 is 44.9 Å². The van der Waals surface area contributed by atoms with Crippen LogP contribution in [0.25, 0.3) is 21.7 Å². The molecule has 0 aliphatic heterocycles. The number of amides is 1. The third-order valence-electron chi connectivity index (χ3n) is 4.44. The monoisotopic (exact) mass is 362 g/mol. The molecule has 0 saturated heterocycles. The summed E-state index contributed by atoms with van der Waals surface area (Å²) in [6.45, 7) is 1.83. The maximum atomic E-state index is 12.7. The van der Waals surface area contributed by atoms with E-state index >= 15 is 0 Å². The third-order valence-corrected chi connectivity index (χ3v) is 4.85. The van der Waals surface area contributed by atoms with Gasteiger partial charge in [0, 0.05) is 16.1 Å². The summed E-state index contributed by atoms with van der Waals surface area (Å²) in [5, 5.41) is 14.3. The van der Waals surface area contributed by atoms with Crippen molar-refractivity contribution < 1.29 is 9.21 Å². The number of anilines is 1. The van der Waals surface area contributed by atoms with Crippen LogP contribution in [0.15, 0.2) is 65.1 Å². The minimum absolute atomic E-state index is 0.174. The highest BCUT2D eigenvalue weighted by Gasteiger charge is 2.14. The second-order valence-corrected chi connectivity index (χ2v) is 6.46. The molecule has 0 spiro atoms. The summed E-state index contributed by atoms with van der Waals surface area (Å²) >= 11 is 6.11. The van der Waals surface area contributed by atoms with Gasteiger partial charge in [0.1, 0.15) is 11.1 Å². The van der Waals surface area contributed by atoms with E-state index in [-0.39, 0.29) is 11.1 Å². The van der Waals surface area contributed by atoms with Crippen LogP contribution in [0.4, 0.5) is 5.69 Å². The van der Waals surface area contributed by atoms with Gasteiger partial charge in [0.05, 0.1) is 0 Å². The maximum Gasteiger partial charge on any atom is 0.261 e. The van der Waals surface area contributed by atoms with Crippen LogP contribution in [0.2, 0.25) is 5.02 Å². The first-order valence-corrected chi connectivity index (χ1v) is 8.49. The molecular formula is C21H15ClN2O2. The van der Waals surface area contributed by atoms with Crippen molar-refractivity contribution in [3.63, 3.8) is 0 Å². The molecule has 0 unspecified atom stereocenters. The molecule has 0 aliphatic carbocycles. The van der Waals surface area contributed by atoms with Crippen molar-refractivity contribution in [1.29, 1.82) is 5.41 Å². The van der Waals surface area contributed by atoms with E-state index in [1.54, 1.807) is 24.3 Å². The first-order chi connectivity index (χ1) is 12.5. The molecule has 4 aromatic rings. The van der Waals surface area contributed by atoms with E-state index in [9.17, 15) is 4.79 Å². The molecular weight excluding hydrogens is 348 g/mol. The van der Waals surface area contributed by atoms with E-state index in [4.69, 9.17) is 21.4 Å². The van der Waals surface area contributed by atoms with E-state index in [1.165, 1.54) is 0 Å². The van der Waals surface area contributed by atoms with E-state index < -0.39 is 5.91 Å². The number of carbonyl (C=O) groups excluding carboxylic acids is 1. The lowest BCUT2D eigenvalue weighted by Crippen LogP contribution is -2.21. The topological polar surface area (TPSA) is 66.1 Å². The van der Waals surface area contributed by atoms with Gasteiger partial charge >= 0.3 is 0 Å². The van der Waals surface area contributed by atoms with Gasteiger partial charge in [-0.2, -0.15) is 0 Å². The summed E-state index contributed by atoms with van der Waals surface area (Å²) in [5.41, 5.74) is 1.96. The number of carbonyl (C=O) groups is 1. The Kier molecular flexibility index (Phi) is 3.98. The van der Waals surface area contributed by atoms with E-state index in [0.29, 0.717) is 16.3 Å². The quantitative estimate of drug-likeness (QED) is 0.476. The summed E-state index contributed by atoms with van der Waals surface area (Å²) in [4.78, 5) is 12.7. The molecule has 0 aliphatic rings. The average Bonchev–Trinajstić information content (AvgIpc) is 2.64. The van der Waals surface area contributed by atoms with Gasteiger partial charge in [-0.05, 0) is 47.5 Å². The van der Waals surface area contributed by atoms with Crippen LogP contribution >= 0.6 is 11.6 Å². The fraction of sp³-hybridized carbons (Fsp3) is 0.0476. The lowest BCUT2D eigenvalue weighted by Gasteiger charge is -2.10. The molecule has 4 nitrogen and oxygen atoms in total. The fourth-order valence-corrected chi connectivity index (χ4v) is 3.16. The largest absolute Gasteiger partial charge is 0.438 e. The zero-order valence-electron chi connectivity index (χ0n) is 14.0. The molecule has 1 heterocycles. The zero-order valence-corrected chi connectivity index (χ0v) is 14.7. The molecule has 2 N–H and O–H groups in total. The predicted octanol–water partition coefficient (Wildman–Crippen LogP) is 5.28. The Hall–Kier alpha value is -3.11. The van der Waals surface area contributed by atoms with Gasteiger partial charge in [-0.3, -0.25) is 10.2 Å². The molecule has 0 bridgehead atoms. The summed E-state index contributed by atoms with van der Waals surface area (Å²) in [7, 11) is 0.